The van der Waals surface area contributed by atoms with Crippen molar-refractivity contribution in [2.24, 2.45) is 28.1 Å². The Morgan fingerprint density at radius 1 is 0.487 bits per heavy atom. The van der Waals surface area contributed by atoms with Gasteiger partial charge in [-0.15, -0.1) is 0 Å². The van der Waals surface area contributed by atoms with Crippen molar-refractivity contribution in [1.29, 1.82) is 0 Å². The molecule has 9 fully saturated rings. The molecular weight excluding hydrogens is 1050 g/mol. The number of hydrogen-bond donors (Lipinski definition) is 17. The Morgan fingerprint density at radius 2 is 0.910 bits per heavy atom. The maximum atomic E-state index is 14.9. The zero-order valence-corrected chi connectivity index (χ0v) is 43.3. The number of ether oxygens (including phenoxy) is 10. The third kappa shape index (κ3) is 10.3. The molecule has 0 radical (unpaired) electrons. The SMILES string of the molecule is C=C1C[C@@]23CC[C@H]4[C@@](C)(CCC[C@@]4(C)C(=O)O[C@@H]4O[C@H](CO)[C@@H](O)[C@H](O)[C@H]4O[C@@H]4O[C@H](CO)[C@@H](O)[C@H](O)[C@H]4O)[C@@H]2CC[C@@]1(O[C@@H]1O[C@H](CO)[C@@H](O)[C@H](O[C@@H]2O[C@H](CO)[C@@H](O)[C@H](O)[C@H]2O)[C@H]1O[C@@H]1O[C@H](CO)[C@@H](O)[C@H](O)[C@H]1O)C3. The summed E-state index contributed by atoms with van der Waals surface area (Å²) in [5, 5.41) is 181. The summed E-state index contributed by atoms with van der Waals surface area (Å²) in [6.45, 7) is 4.32. The summed E-state index contributed by atoms with van der Waals surface area (Å²) in [4.78, 5) is 14.9. The van der Waals surface area contributed by atoms with Gasteiger partial charge in [0.15, 0.2) is 31.3 Å². The normalized spacial score (nSPS) is 54.5. The highest BCUT2D eigenvalue weighted by atomic mass is 16.8. The first-order valence-corrected chi connectivity index (χ1v) is 26.9. The van der Waals surface area contributed by atoms with Gasteiger partial charge >= 0.3 is 5.97 Å². The summed E-state index contributed by atoms with van der Waals surface area (Å²) in [6, 6.07) is 0. The van der Waals surface area contributed by atoms with Crippen molar-refractivity contribution in [2.45, 2.75) is 231 Å². The third-order valence-corrected chi connectivity index (χ3v) is 19.2. The van der Waals surface area contributed by atoms with Gasteiger partial charge in [-0.1, -0.05) is 19.9 Å². The summed E-state index contributed by atoms with van der Waals surface area (Å²) >= 11 is 0. The van der Waals surface area contributed by atoms with E-state index in [-0.39, 0.29) is 11.8 Å². The van der Waals surface area contributed by atoms with Crippen LogP contribution in [0.25, 0.3) is 0 Å². The first-order chi connectivity index (χ1) is 36.9. The number of rotatable bonds is 15. The molecule has 28 nitrogen and oxygen atoms in total. The minimum Gasteiger partial charge on any atom is -0.432 e. The molecule has 5 aliphatic heterocycles. The fourth-order valence-corrected chi connectivity index (χ4v) is 15.0. The molecule has 31 atom stereocenters. The molecule has 4 saturated carbocycles. The van der Waals surface area contributed by atoms with Crippen LogP contribution >= 0.6 is 0 Å². The minimum atomic E-state index is -1.99. The second kappa shape index (κ2) is 23.3. The van der Waals surface area contributed by atoms with Crippen molar-refractivity contribution in [3.8, 4) is 0 Å². The Morgan fingerprint density at radius 3 is 1.41 bits per heavy atom. The molecule has 448 valence electrons. The monoisotopic (exact) mass is 1130 g/mol. The number of aliphatic hydroxyl groups excluding tert-OH is 17. The Bertz CT molecular complexity index is 2070. The number of fused-ring (bicyclic) bond motifs is 3. The number of hydrogen-bond acceptors (Lipinski definition) is 28. The van der Waals surface area contributed by atoms with Gasteiger partial charge in [0.05, 0.1) is 44.1 Å². The lowest BCUT2D eigenvalue weighted by Crippen LogP contribution is -2.68. The standard InChI is InChI=1S/C50H80O28/c1-18-11-49-9-5-24-47(2,7-4-8-48(24,3)46(68)77-44-39(34(64)29(59)22(15-54)72-44)75-42-36(66)32(62)27(57)20(13-52)70-42)25(49)6-10-50(18,17-49)78-45-40(76-43-37(67)33(63)28(58)21(14-53)71-43)38(30(60)23(16-55)73-45)74-41-35(65)31(61)26(56)19(12-51)69-41/h19-45,51-67H,1,4-17H2,2-3H3/t19-,20-,21-,22-,23-,24+,25+,26-,27-,28-,29-,30-,31+,32+,33+,34+,35-,36-,37-,38+,39-,40-,41+,42+,43+,44+,45+,47-,48-,49-,50-/m1/s1. The highest BCUT2D eigenvalue weighted by molar-refractivity contribution is 5.77. The second-order valence-corrected chi connectivity index (χ2v) is 23.6. The van der Waals surface area contributed by atoms with E-state index < -0.39 is 214 Å². The summed E-state index contributed by atoms with van der Waals surface area (Å²) in [5.74, 6) is -1.14. The zero-order valence-electron chi connectivity index (χ0n) is 43.3. The van der Waals surface area contributed by atoms with Crippen LogP contribution in [-0.4, -0.2) is 285 Å². The van der Waals surface area contributed by atoms with E-state index in [0.29, 0.717) is 63.4 Å². The van der Waals surface area contributed by atoms with Crippen molar-refractivity contribution in [3.63, 3.8) is 0 Å². The molecule has 5 saturated heterocycles. The van der Waals surface area contributed by atoms with Gasteiger partial charge in [0.1, 0.15) is 116 Å². The Balaban J connectivity index is 0.968. The van der Waals surface area contributed by atoms with Crippen LogP contribution < -0.4 is 0 Å². The molecule has 0 unspecified atom stereocenters. The molecule has 4 aliphatic carbocycles. The topological polar surface area (TPSA) is 453 Å². The van der Waals surface area contributed by atoms with Gasteiger partial charge in [-0.3, -0.25) is 4.79 Å². The maximum absolute atomic E-state index is 14.9. The highest BCUT2D eigenvalue weighted by Crippen LogP contribution is 2.74. The van der Waals surface area contributed by atoms with Crippen LogP contribution in [0.3, 0.4) is 0 Å². The van der Waals surface area contributed by atoms with Gasteiger partial charge < -0.3 is 134 Å². The Labute approximate surface area is 448 Å². The fourth-order valence-electron chi connectivity index (χ4n) is 15.0. The van der Waals surface area contributed by atoms with Crippen molar-refractivity contribution in [3.05, 3.63) is 12.2 Å². The number of carbonyl (C=O) groups is 1. The van der Waals surface area contributed by atoms with Gasteiger partial charge in [0.2, 0.25) is 6.29 Å². The van der Waals surface area contributed by atoms with Crippen LogP contribution in [-0.2, 0) is 52.2 Å². The summed E-state index contributed by atoms with van der Waals surface area (Å²) in [6.07, 6.45) is -39.9. The number of esters is 1. The third-order valence-electron chi connectivity index (χ3n) is 19.2. The molecule has 0 amide bonds. The van der Waals surface area contributed by atoms with Crippen LogP contribution in [0.1, 0.15) is 71.6 Å². The average molecular weight is 1130 g/mol. The van der Waals surface area contributed by atoms with Gasteiger partial charge in [0.25, 0.3) is 0 Å². The van der Waals surface area contributed by atoms with Crippen LogP contribution in [0.2, 0.25) is 0 Å². The fraction of sp³-hybridized carbons (Fsp3) is 0.940. The van der Waals surface area contributed by atoms with E-state index in [4.69, 9.17) is 47.4 Å². The summed E-state index contributed by atoms with van der Waals surface area (Å²) in [7, 11) is 0. The van der Waals surface area contributed by atoms with E-state index >= 15 is 0 Å². The van der Waals surface area contributed by atoms with Gasteiger partial charge in [0, 0.05) is 0 Å². The smallest absolute Gasteiger partial charge is 0.314 e. The summed E-state index contributed by atoms with van der Waals surface area (Å²) < 4.78 is 60.3. The zero-order chi connectivity index (χ0) is 56.7. The van der Waals surface area contributed by atoms with Crippen LogP contribution in [0.4, 0.5) is 0 Å². The van der Waals surface area contributed by atoms with E-state index in [2.05, 4.69) is 13.5 Å². The molecule has 0 aromatic carbocycles. The predicted octanol–water partition coefficient (Wildman–Crippen LogP) is -7.29. The van der Waals surface area contributed by atoms with Crippen LogP contribution in [0, 0.1) is 28.1 Å². The number of aliphatic hydroxyl groups is 17. The van der Waals surface area contributed by atoms with Gasteiger partial charge in [-0.05, 0) is 86.5 Å². The predicted molar refractivity (Wildman–Crippen MR) is 252 cm³/mol. The van der Waals surface area contributed by atoms with E-state index in [1.54, 1.807) is 6.92 Å². The van der Waals surface area contributed by atoms with Crippen molar-refractivity contribution >= 4 is 5.97 Å². The molecule has 17 N–H and O–H groups in total. The molecule has 9 aliphatic rings. The van der Waals surface area contributed by atoms with Gasteiger partial charge in [-0.2, -0.15) is 0 Å². The number of carbonyl (C=O) groups excluding carboxylic acids is 1. The molecule has 28 heteroatoms. The molecule has 1 spiro atoms. The lowest BCUT2D eigenvalue weighted by Gasteiger charge is -2.64. The molecule has 78 heavy (non-hydrogen) atoms. The maximum Gasteiger partial charge on any atom is 0.314 e. The first kappa shape index (κ1) is 60.8. The quantitative estimate of drug-likeness (QED) is 0.0411. The van der Waals surface area contributed by atoms with E-state index in [1.807, 2.05) is 0 Å². The Hall–Kier alpha value is -1.83. The van der Waals surface area contributed by atoms with Crippen LogP contribution in [0.15, 0.2) is 12.2 Å². The average Bonchev–Trinajstić information content (AvgIpc) is 3.69. The molecular formula is C50H80O28. The van der Waals surface area contributed by atoms with Gasteiger partial charge in [-0.25, -0.2) is 0 Å². The van der Waals surface area contributed by atoms with Crippen molar-refractivity contribution in [2.75, 3.05) is 33.0 Å². The molecule has 5 heterocycles. The molecule has 9 rings (SSSR count). The lowest BCUT2D eigenvalue weighted by atomic mass is 9.41. The molecule has 0 aromatic rings. The summed E-state index contributed by atoms with van der Waals surface area (Å²) in [5.41, 5.74) is -2.81. The van der Waals surface area contributed by atoms with Crippen LogP contribution in [0.5, 0.6) is 0 Å². The first-order valence-electron chi connectivity index (χ1n) is 26.9. The largest absolute Gasteiger partial charge is 0.432 e. The lowest BCUT2D eigenvalue weighted by molar-refractivity contribution is -0.400. The van der Waals surface area contributed by atoms with E-state index in [9.17, 15) is 91.6 Å². The second-order valence-electron chi connectivity index (χ2n) is 23.6. The van der Waals surface area contributed by atoms with Crippen molar-refractivity contribution < 1.29 is 139 Å². The highest BCUT2D eigenvalue weighted by Gasteiger charge is 2.70. The molecule has 0 aromatic heterocycles. The minimum absolute atomic E-state index is 0.0705. The Kier molecular flexibility index (Phi) is 18.2. The molecule has 2 bridgehead atoms. The van der Waals surface area contributed by atoms with E-state index in [0.717, 1.165) is 0 Å². The van der Waals surface area contributed by atoms with Crippen molar-refractivity contribution in [1.82, 2.24) is 0 Å². The van der Waals surface area contributed by atoms with E-state index in [1.165, 1.54) is 0 Å².